The van der Waals surface area contributed by atoms with Crippen molar-refractivity contribution in [3.8, 4) is 28.7 Å². The molecule has 0 unspecified atom stereocenters. The Bertz CT molecular complexity index is 877. The van der Waals surface area contributed by atoms with Crippen LogP contribution >= 0.6 is 0 Å². The standard InChI is InChI=1S/C19H21N3O4/c1-12(2)25-16-10-9-13(11-17(16)24-4)18-21-22-19(26-18)20-14-7-5-6-8-15(14)23-3/h5-12H,1-4H3,(H,20,22). The van der Waals surface area contributed by atoms with Crippen molar-refractivity contribution in [2.24, 2.45) is 0 Å². The maximum absolute atomic E-state index is 5.72. The van der Waals surface area contributed by atoms with Gasteiger partial charge in [-0.05, 0) is 44.2 Å². The van der Waals surface area contributed by atoms with Gasteiger partial charge in [-0.15, -0.1) is 5.10 Å². The third-order valence-corrected chi connectivity index (χ3v) is 3.55. The minimum atomic E-state index is 0.0507. The molecule has 2 aromatic carbocycles. The smallest absolute Gasteiger partial charge is 0.320 e. The fourth-order valence-corrected chi connectivity index (χ4v) is 2.41. The number of ether oxygens (including phenoxy) is 3. The van der Waals surface area contributed by atoms with Crippen molar-refractivity contribution in [3.05, 3.63) is 42.5 Å². The number of nitrogens with one attached hydrogen (secondary N) is 1. The Hall–Kier alpha value is -3.22. The Balaban J connectivity index is 1.83. The number of anilines is 2. The van der Waals surface area contributed by atoms with Gasteiger partial charge in [0.15, 0.2) is 11.5 Å². The van der Waals surface area contributed by atoms with E-state index in [1.807, 2.05) is 50.2 Å². The molecular weight excluding hydrogens is 334 g/mol. The predicted octanol–water partition coefficient (Wildman–Crippen LogP) is 4.28. The van der Waals surface area contributed by atoms with Crippen molar-refractivity contribution in [2.75, 3.05) is 19.5 Å². The van der Waals surface area contributed by atoms with E-state index in [-0.39, 0.29) is 12.1 Å². The van der Waals surface area contributed by atoms with Crippen LogP contribution < -0.4 is 19.5 Å². The van der Waals surface area contributed by atoms with Crippen LogP contribution in [-0.4, -0.2) is 30.5 Å². The van der Waals surface area contributed by atoms with Crippen molar-refractivity contribution in [1.29, 1.82) is 0 Å². The molecule has 3 aromatic rings. The summed E-state index contributed by atoms with van der Waals surface area (Å²) >= 11 is 0. The Morgan fingerprint density at radius 1 is 0.923 bits per heavy atom. The molecule has 26 heavy (non-hydrogen) atoms. The number of benzene rings is 2. The number of aromatic nitrogens is 2. The van der Waals surface area contributed by atoms with Gasteiger partial charge in [-0.1, -0.05) is 17.2 Å². The van der Waals surface area contributed by atoms with Gasteiger partial charge < -0.3 is 23.9 Å². The second-order valence-corrected chi connectivity index (χ2v) is 5.77. The topological polar surface area (TPSA) is 78.6 Å². The molecule has 0 aliphatic carbocycles. The summed E-state index contributed by atoms with van der Waals surface area (Å²) in [6.45, 7) is 3.92. The van der Waals surface area contributed by atoms with E-state index in [0.717, 1.165) is 11.3 Å². The van der Waals surface area contributed by atoms with Crippen molar-refractivity contribution < 1.29 is 18.6 Å². The lowest BCUT2D eigenvalue weighted by atomic mass is 10.2. The molecule has 3 rings (SSSR count). The molecule has 0 amide bonds. The van der Waals surface area contributed by atoms with Gasteiger partial charge in [0.25, 0.3) is 0 Å². The maximum Gasteiger partial charge on any atom is 0.320 e. The Morgan fingerprint density at radius 3 is 2.42 bits per heavy atom. The van der Waals surface area contributed by atoms with Crippen LogP contribution in [-0.2, 0) is 0 Å². The predicted molar refractivity (Wildman–Crippen MR) is 98.3 cm³/mol. The van der Waals surface area contributed by atoms with Crippen LogP contribution in [0.15, 0.2) is 46.9 Å². The van der Waals surface area contributed by atoms with Crippen LogP contribution in [0.2, 0.25) is 0 Å². The summed E-state index contributed by atoms with van der Waals surface area (Å²) in [5, 5.41) is 11.2. The molecule has 0 aliphatic rings. The van der Waals surface area contributed by atoms with E-state index in [9.17, 15) is 0 Å². The highest BCUT2D eigenvalue weighted by molar-refractivity contribution is 5.63. The van der Waals surface area contributed by atoms with E-state index in [1.165, 1.54) is 0 Å². The van der Waals surface area contributed by atoms with E-state index in [0.29, 0.717) is 23.1 Å². The van der Waals surface area contributed by atoms with Crippen molar-refractivity contribution in [1.82, 2.24) is 10.2 Å². The van der Waals surface area contributed by atoms with Gasteiger partial charge in [-0.25, -0.2) is 0 Å². The first-order chi connectivity index (χ1) is 12.6. The molecule has 0 saturated heterocycles. The highest BCUT2D eigenvalue weighted by atomic mass is 16.5. The Kier molecular flexibility index (Phi) is 5.26. The van der Waals surface area contributed by atoms with E-state index >= 15 is 0 Å². The van der Waals surface area contributed by atoms with Crippen molar-refractivity contribution in [2.45, 2.75) is 20.0 Å². The van der Waals surface area contributed by atoms with Gasteiger partial charge in [0.2, 0.25) is 5.89 Å². The first-order valence-electron chi connectivity index (χ1n) is 8.19. The normalized spacial score (nSPS) is 10.7. The first-order valence-corrected chi connectivity index (χ1v) is 8.19. The second-order valence-electron chi connectivity index (χ2n) is 5.77. The first kappa shape index (κ1) is 17.6. The summed E-state index contributed by atoms with van der Waals surface area (Å²) in [5.41, 5.74) is 1.47. The lowest BCUT2D eigenvalue weighted by Gasteiger charge is -2.13. The van der Waals surface area contributed by atoms with E-state index in [2.05, 4.69) is 15.5 Å². The molecule has 1 heterocycles. The fraction of sp³-hybridized carbons (Fsp3) is 0.263. The minimum Gasteiger partial charge on any atom is -0.495 e. The molecule has 136 valence electrons. The van der Waals surface area contributed by atoms with E-state index < -0.39 is 0 Å². The quantitative estimate of drug-likeness (QED) is 0.677. The van der Waals surface area contributed by atoms with Crippen LogP contribution in [0.1, 0.15) is 13.8 Å². The molecule has 0 bridgehead atoms. The lowest BCUT2D eigenvalue weighted by Crippen LogP contribution is -2.06. The average Bonchev–Trinajstić information content (AvgIpc) is 3.10. The van der Waals surface area contributed by atoms with Crippen LogP contribution in [0.5, 0.6) is 17.2 Å². The Labute approximate surface area is 151 Å². The molecule has 7 nitrogen and oxygen atoms in total. The monoisotopic (exact) mass is 355 g/mol. The third-order valence-electron chi connectivity index (χ3n) is 3.55. The molecule has 0 fully saturated rings. The van der Waals surface area contributed by atoms with E-state index in [1.54, 1.807) is 20.3 Å². The van der Waals surface area contributed by atoms with Gasteiger partial charge >= 0.3 is 6.01 Å². The number of hydrogen-bond acceptors (Lipinski definition) is 7. The van der Waals surface area contributed by atoms with Gasteiger partial charge in [-0.2, -0.15) is 0 Å². The van der Waals surface area contributed by atoms with Crippen LogP contribution in [0, 0.1) is 0 Å². The molecule has 0 spiro atoms. The molecule has 0 saturated carbocycles. The van der Waals surface area contributed by atoms with Crippen molar-refractivity contribution in [3.63, 3.8) is 0 Å². The van der Waals surface area contributed by atoms with Crippen LogP contribution in [0.3, 0.4) is 0 Å². The molecule has 0 radical (unpaired) electrons. The molecule has 1 N–H and O–H groups in total. The van der Waals surface area contributed by atoms with Crippen molar-refractivity contribution >= 4 is 11.7 Å². The number of rotatable bonds is 7. The van der Waals surface area contributed by atoms with E-state index in [4.69, 9.17) is 18.6 Å². The number of nitrogens with zero attached hydrogens (tertiary/aromatic N) is 2. The highest BCUT2D eigenvalue weighted by Gasteiger charge is 2.14. The largest absolute Gasteiger partial charge is 0.495 e. The zero-order chi connectivity index (χ0) is 18.5. The molecule has 0 atom stereocenters. The zero-order valence-corrected chi connectivity index (χ0v) is 15.1. The summed E-state index contributed by atoms with van der Waals surface area (Å²) in [7, 11) is 3.20. The summed E-state index contributed by atoms with van der Waals surface area (Å²) < 4.78 is 22.1. The number of hydrogen-bond donors (Lipinski definition) is 1. The van der Waals surface area contributed by atoms with Gasteiger partial charge in [0.1, 0.15) is 5.75 Å². The van der Waals surface area contributed by atoms with Crippen LogP contribution in [0.25, 0.3) is 11.5 Å². The summed E-state index contributed by atoms with van der Waals surface area (Å²) in [5.74, 6) is 2.33. The molecule has 1 aromatic heterocycles. The SMILES string of the molecule is COc1ccccc1Nc1nnc(-c2ccc(OC(C)C)c(OC)c2)o1. The lowest BCUT2D eigenvalue weighted by molar-refractivity contribution is 0.230. The fourth-order valence-electron chi connectivity index (χ4n) is 2.41. The molecule has 0 aliphatic heterocycles. The summed E-state index contributed by atoms with van der Waals surface area (Å²) in [6, 6.07) is 13.2. The van der Waals surface area contributed by atoms with Gasteiger partial charge in [0, 0.05) is 5.56 Å². The van der Waals surface area contributed by atoms with Crippen LogP contribution in [0.4, 0.5) is 11.7 Å². The minimum absolute atomic E-state index is 0.0507. The maximum atomic E-state index is 5.72. The summed E-state index contributed by atoms with van der Waals surface area (Å²) in [6.07, 6.45) is 0.0507. The highest BCUT2D eigenvalue weighted by Crippen LogP contribution is 2.34. The van der Waals surface area contributed by atoms with Gasteiger partial charge in [0.05, 0.1) is 26.0 Å². The zero-order valence-electron chi connectivity index (χ0n) is 15.1. The molecular formula is C19H21N3O4. The van der Waals surface area contributed by atoms with Gasteiger partial charge in [-0.3, -0.25) is 0 Å². The summed E-state index contributed by atoms with van der Waals surface area (Å²) in [4.78, 5) is 0. The average molecular weight is 355 g/mol. The second kappa shape index (κ2) is 7.77. The number of methoxy groups -OCH3 is 2. The number of para-hydroxylation sites is 2. The Morgan fingerprint density at radius 2 is 1.69 bits per heavy atom. The third kappa shape index (κ3) is 3.88. The molecule has 7 heteroatoms.